The lowest BCUT2D eigenvalue weighted by atomic mass is 10.1. The maximum Gasteiger partial charge on any atom is 0.186 e. The highest BCUT2D eigenvalue weighted by Gasteiger charge is 2.17. The van der Waals surface area contributed by atoms with Crippen LogP contribution < -0.4 is 5.32 Å². The van der Waals surface area contributed by atoms with Crippen molar-refractivity contribution in [3.63, 3.8) is 0 Å². The van der Waals surface area contributed by atoms with Gasteiger partial charge in [-0.1, -0.05) is 6.92 Å². The van der Waals surface area contributed by atoms with E-state index in [0.29, 0.717) is 12.1 Å². The lowest BCUT2D eigenvalue weighted by Gasteiger charge is -2.15. The molecule has 7 heteroatoms. The summed E-state index contributed by atoms with van der Waals surface area (Å²) < 4.78 is 29.1. The molecular weight excluding hydrogens is 324 g/mol. The molecule has 5 nitrogen and oxygen atoms in total. The number of hydrogen-bond donors (Lipinski definition) is 1. The first-order valence-electron chi connectivity index (χ1n) is 8.07. The average molecular weight is 343 g/mol. The number of hydrogen-bond acceptors (Lipinski definition) is 4. The summed E-state index contributed by atoms with van der Waals surface area (Å²) in [4.78, 5) is 7.92. The summed E-state index contributed by atoms with van der Waals surface area (Å²) in [6, 6.07) is 5.90. The molecule has 130 valence electrons. The zero-order valence-corrected chi connectivity index (χ0v) is 14.3. The number of rotatable bonds is 5. The molecule has 0 aliphatic rings. The molecule has 0 amide bonds. The number of anilines is 1. The van der Waals surface area contributed by atoms with Crippen molar-refractivity contribution in [1.82, 2.24) is 19.7 Å². The monoisotopic (exact) mass is 343 g/mol. The van der Waals surface area contributed by atoms with Gasteiger partial charge in [-0.25, -0.2) is 23.4 Å². The average Bonchev–Trinajstić information content (AvgIpc) is 2.99. The van der Waals surface area contributed by atoms with Crippen LogP contribution >= 0.6 is 0 Å². The predicted octanol–water partition coefficient (Wildman–Crippen LogP) is 3.98. The highest BCUT2D eigenvalue weighted by Crippen LogP contribution is 2.24. The van der Waals surface area contributed by atoms with Gasteiger partial charge in [-0.15, -0.1) is 0 Å². The van der Waals surface area contributed by atoms with Crippen molar-refractivity contribution in [2.75, 3.05) is 5.32 Å². The van der Waals surface area contributed by atoms with Crippen molar-refractivity contribution < 1.29 is 8.78 Å². The van der Waals surface area contributed by atoms with E-state index in [9.17, 15) is 8.78 Å². The molecule has 25 heavy (non-hydrogen) atoms. The van der Waals surface area contributed by atoms with Crippen molar-refractivity contribution in [3.05, 3.63) is 65.4 Å². The van der Waals surface area contributed by atoms with E-state index in [1.165, 1.54) is 18.5 Å². The van der Waals surface area contributed by atoms with E-state index in [-0.39, 0.29) is 17.7 Å². The minimum absolute atomic E-state index is 0.174. The van der Waals surface area contributed by atoms with Gasteiger partial charge >= 0.3 is 0 Å². The van der Waals surface area contributed by atoms with Crippen LogP contribution in [0, 0.1) is 18.6 Å². The summed E-state index contributed by atoms with van der Waals surface area (Å²) in [6.07, 6.45) is 3.57. The molecule has 0 saturated carbocycles. The Kier molecular flexibility index (Phi) is 4.74. The Morgan fingerprint density at radius 3 is 2.56 bits per heavy atom. The Morgan fingerprint density at radius 1 is 1.16 bits per heavy atom. The summed E-state index contributed by atoms with van der Waals surface area (Å²) in [7, 11) is 0. The third-order valence-electron chi connectivity index (χ3n) is 4.14. The van der Waals surface area contributed by atoms with Crippen LogP contribution in [0.3, 0.4) is 0 Å². The van der Waals surface area contributed by atoms with Gasteiger partial charge in [0.25, 0.3) is 0 Å². The van der Waals surface area contributed by atoms with Crippen molar-refractivity contribution in [2.45, 2.75) is 33.2 Å². The van der Waals surface area contributed by atoms with Crippen molar-refractivity contribution in [3.8, 4) is 5.69 Å². The summed E-state index contributed by atoms with van der Waals surface area (Å²) in [5, 5.41) is 7.44. The van der Waals surface area contributed by atoms with Crippen LogP contribution in [0.4, 0.5) is 14.6 Å². The lowest BCUT2D eigenvalue weighted by Crippen LogP contribution is -2.12. The first kappa shape index (κ1) is 17.0. The van der Waals surface area contributed by atoms with Crippen LogP contribution in [0.2, 0.25) is 0 Å². The summed E-state index contributed by atoms with van der Waals surface area (Å²) in [6.45, 7) is 5.67. The Bertz CT molecular complexity index is 874. The molecule has 0 spiro atoms. The van der Waals surface area contributed by atoms with E-state index in [2.05, 4.69) is 20.4 Å². The second kappa shape index (κ2) is 6.96. The number of aryl methyl sites for hydroxylation is 1. The van der Waals surface area contributed by atoms with E-state index in [1.54, 1.807) is 23.0 Å². The Balaban J connectivity index is 1.86. The van der Waals surface area contributed by atoms with Gasteiger partial charge in [-0.3, -0.25) is 0 Å². The normalized spacial score (nSPS) is 12.2. The molecule has 3 rings (SSSR count). The van der Waals surface area contributed by atoms with E-state index < -0.39 is 5.82 Å². The molecule has 1 aromatic carbocycles. The molecule has 1 atom stereocenters. The molecule has 2 heterocycles. The second-order valence-electron chi connectivity index (χ2n) is 5.78. The molecule has 1 N–H and O–H groups in total. The quantitative estimate of drug-likeness (QED) is 0.761. The smallest absolute Gasteiger partial charge is 0.186 e. The molecule has 0 bridgehead atoms. The van der Waals surface area contributed by atoms with Gasteiger partial charge in [0.2, 0.25) is 0 Å². The van der Waals surface area contributed by atoms with Crippen LogP contribution in [0.1, 0.15) is 36.8 Å². The molecule has 0 aliphatic carbocycles. The molecule has 0 aliphatic heterocycles. The standard InChI is InChI=1S/C18H19F2N5/c1-4-16-17(20)18(22-10-21-16)24-11(2)15-9-23-25(12(15)3)14-7-5-13(19)6-8-14/h5-11H,4H2,1-3H3,(H,21,22,24). The zero-order valence-electron chi connectivity index (χ0n) is 14.3. The third kappa shape index (κ3) is 3.35. The van der Waals surface area contributed by atoms with Crippen LogP contribution in [-0.4, -0.2) is 19.7 Å². The van der Waals surface area contributed by atoms with Gasteiger partial charge in [-0.05, 0) is 44.5 Å². The van der Waals surface area contributed by atoms with E-state index in [1.807, 2.05) is 20.8 Å². The van der Waals surface area contributed by atoms with Gasteiger partial charge in [0, 0.05) is 11.3 Å². The molecule has 2 aromatic heterocycles. The van der Waals surface area contributed by atoms with Gasteiger partial charge in [0.15, 0.2) is 11.6 Å². The number of nitrogens with zero attached hydrogens (tertiary/aromatic N) is 4. The zero-order chi connectivity index (χ0) is 18.0. The van der Waals surface area contributed by atoms with Crippen LogP contribution in [0.25, 0.3) is 5.69 Å². The van der Waals surface area contributed by atoms with E-state index >= 15 is 0 Å². The van der Waals surface area contributed by atoms with Gasteiger partial charge in [-0.2, -0.15) is 5.10 Å². The fraction of sp³-hybridized carbons (Fsp3) is 0.278. The van der Waals surface area contributed by atoms with Gasteiger partial charge in [0.05, 0.1) is 23.6 Å². The molecule has 0 fully saturated rings. The first-order chi connectivity index (χ1) is 12.0. The Labute approximate surface area is 144 Å². The highest BCUT2D eigenvalue weighted by atomic mass is 19.1. The molecule has 0 radical (unpaired) electrons. The molecule has 3 aromatic rings. The fourth-order valence-electron chi connectivity index (χ4n) is 2.73. The van der Waals surface area contributed by atoms with E-state index in [4.69, 9.17) is 0 Å². The largest absolute Gasteiger partial charge is 0.361 e. The minimum atomic E-state index is -0.430. The third-order valence-corrected chi connectivity index (χ3v) is 4.14. The second-order valence-corrected chi connectivity index (χ2v) is 5.78. The fourth-order valence-corrected chi connectivity index (χ4v) is 2.73. The van der Waals surface area contributed by atoms with Crippen LogP contribution in [0.5, 0.6) is 0 Å². The number of halogens is 2. The topological polar surface area (TPSA) is 55.6 Å². The highest BCUT2D eigenvalue weighted by molar-refractivity contribution is 5.42. The number of benzene rings is 1. The summed E-state index contributed by atoms with van der Waals surface area (Å²) >= 11 is 0. The predicted molar refractivity (Wildman–Crippen MR) is 91.7 cm³/mol. The summed E-state index contributed by atoms with van der Waals surface area (Å²) in [5.74, 6) is -0.552. The van der Waals surface area contributed by atoms with Crippen molar-refractivity contribution in [2.24, 2.45) is 0 Å². The Morgan fingerprint density at radius 2 is 1.88 bits per heavy atom. The number of nitrogens with one attached hydrogen (secondary N) is 1. The van der Waals surface area contributed by atoms with Crippen LogP contribution in [-0.2, 0) is 6.42 Å². The molecule has 1 unspecified atom stereocenters. The minimum Gasteiger partial charge on any atom is -0.361 e. The molecule has 0 saturated heterocycles. The number of aromatic nitrogens is 4. The maximum atomic E-state index is 14.3. The van der Waals surface area contributed by atoms with Gasteiger partial charge in [0.1, 0.15) is 12.1 Å². The van der Waals surface area contributed by atoms with Crippen LogP contribution in [0.15, 0.2) is 36.8 Å². The first-order valence-corrected chi connectivity index (χ1v) is 8.07. The summed E-state index contributed by atoms with van der Waals surface area (Å²) in [5.41, 5.74) is 2.93. The Hall–Kier alpha value is -2.83. The van der Waals surface area contributed by atoms with Crippen molar-refractivity contribution in [1.29, 1.82) is 0 Å². The van der Waals surface area contributed by atoms with Gasteiger partial charge < -0.3 is 5.32 Å². The SMILES string of the molecule is CCc1ncnc(NC(C)c2cnn(-c3ccc(F)cc3)c2C)c1F. The lowest BCUT2D eigenvalue weighted by molar-refractivity contribution is 0.594. The van der Waals surface area contributed by atoms with E-state index in [0.717, 1.165) is 16.9 Å². The molecular formula is C18H19F2N5. The van der Waals surface area contributed by atoms with Crippen molar-refractivity contribution >= 4 is 5.82 Å². The maximum absolute atomic E-state index is 14.3.